The topological polar surface area (TPSA) is 80.7 Å². The summed E-state index contributed by atoms with van der Waals surface area (Å²) in [6.45, 7) is 3.63. The lowest BCUT2D eigenvalue weighted by Gasteiger charge is -2.29. The van der Waals surface area contributed by atoms with E-state index in [0.29, 0.717) is 25.3 Å². The van der Waals surface area contributed by atoms with Gasteiger partial charge in [-0.05, 0) is 30.2 Å². The lowest BCUT2D eigenvalue weighted by molar-refractivity contribution is -0.0500. The molecule has 0 spiro atoms. The van der Waals surface area contributed by atoms with Crippen molar-refractivity contribution >= 4 is 16.1 Å². The average molecular weight is 384 g/mol. The van der Waals surface area contributed by atoms with E-state index < -0.39 is 50.1 Å². The highest BCUT2D eigenvalue weighted by molar-refractivity contribution is 7.88. The third-order valence-electron chi connectivity index (χ3n) is 4.45. The summed E-state index contributed by atoms with van der Waals surface area (Å²) in [5.74, 6) is -4.29. The van der Waals surface area contributed by atoms with Gasteiger partial charge in [-0.3, -0.25) is 0 Å². The highest BCUT2D eigenvalue weighted by atomic mass is 32.2. The van der Waals surface area contributed by atoms with Crippen LogP contribution in [-0.2, 0) is 10.1 Å². The summed E-state index contributed by atoms with van der Waals surface area (Å²) in [7, 11) is -6.00. The first-order valence-corrected chi connectivity index (χ1v) is 8.74. The first kappa shape index (κ1) is 19.5. The summed E-state index contributed by atoms with van der Waals surface area (Å²) < 4.78 is 78.4. The number of alkyl halides is 3. The summed E-state index contributed by atoms with van der Waals surface area (Å²) in [6, 6.07) is 1.24. The first-order valence-electron chi connectivity index (χ1n) is 7.34. The molecule has 0 aliphatic heterocycles. The number of rotatable bonds is 4. The fraction of sp³-hybridized carbons (Fsp3) is 0.533. The van der Waals surface area contributed by atoms with E-state index in [4.69, 9.17) is 5.11 Å². The second-order valence-electron chi connectivity index (χ2n) is 6.59. The first-order chi connectivity index (χ1) is 11.3. The smallest absolute Gasteiger partial charge is 0.478 e. The van der Waals surface area contributed by atoms with Crippen molar-refractivity contribution in [2.24, 2.45) is 5.41 Å². The van der Waals surface area contributed by atoms with Gasteiger partial charge in [-0.1, -0.05) is 20.3 Å². The molecule has 0 aromatic heterocycles. The highest BCUT2D eigenvalue weighted by Crippen LogP contribution is 2.51. The zero-order valence-electron chi connectivity index (χ0n) is 13.4. The average Bonchev–Trinajstić information content (AvgIpc) is 2.76. The molecule has 1 fully saturated rings. The maximum atomic E-state index is 13.9. The lowest BCUT2D eigenvalue weighted by atomic mass is 9.77. The normalized spacial score (nSPS) is 20.5. The summed E-state index contributed by atoms with van der Waals surface area (Å²) >= 11 is 0. The molecule has 5 nitrogen and oxygen atoms in total. The standard InChI is InChI=1S/C15H16F4O5S/c1-14(2)5-3-4-10(14)8-6-9(13(20)21)11(16)7-12(8)24-25(22,23)15(17,18)19/h6-7,10H,3-5H2,1-2H3,(H,20,21). The molecule has 0 heterocycles. The molecule has 25 heavy (non-hydrogen) atoms. The summed E-state index contributed by atoms with van der Waals surface area (Å²) in [4.78, 5) is 11.1. The van der Waals surface area contributed by atoms with E-state index in [9.17, 15) is 30.8 Å². The van der Waals surface area contributed by atoms with Crippen molar-refractivity contribution in [3.63, 3.8) is 0 Å². The van der Waals surface area contributed by atoms with Crippen LogP contribution in [0.25, 0.3) is 0 Å². The minimum atomic E-state index is -6.00. The van der Waals surface area contributed by atoms with Gasteiger partial charge in [0.1, 0.15) is 11.6 Å². The zero-order chi connectivity index (χ0) is 19.2. The van der Waals surface area contributed by atoms with Gasteiger partial charge in [0.25, 0.3) is 0 Å². The van der Waals surface area contributed by atoms with E-state index in [1.54, 1.807) is 0 Å². The number of carboxylic acids is 1. The monoisotopic (exact) mass is 384 g/mol. The molecule has 1 unspecified atom stereocenters. The van der Waals surface area contributed by atoms with Crippen molar-refractivity contribution in [2.45, 2.75) is 44.5 Å². The fourth-order valence-corrected chi connectivity index (χ4v) is 3.62. The van der Waals surface area contributed by atoms with Crippen LogP contribution in [0.3, 0.4) is 0 Å². The zero-order valence-corrected chi connectivity index (χ0v) is 14.2. The van der Waals surface area contributed by atoms with Crippen molar-refractivity contribution in [2.75, 3.05) is 0 Å². The van der Waals surface area contributed by atoms with Crippen LogP contribution in [0.1, 0.15) is 54.9 Å². The van der Waals surface area contributed by atoms with E-state index >= 15 is 0 Å². The van der Waals surface area contributed by atoms with Crippen LogP contribution in [0.5, 0.6) is 5.75 Å². The molecule has 1 aromatic rings. The molecule has 0 radical (unpaired) electrons. The lowest BCUT2D eigenvalue weighted by Crippen LogP contribution is -2.29. The van der Waals surface area contributed by atoms with Crippen LogP contribution in [0.15, 0.2) is 12.1 Å². The molecule has 0 amide bonds. The van der Waals surface area contributed by atoms with Gasteiger partial charge < -0.3 is 9.29 Å². The number of aromatic carboxylic acids is 1. The summed E-state index contributed by atoms with van der Waals surface area (Å²) in [5.41, 5.74) is -6.94. The fourth-order valence-electron chi connectivity index (χ4n) is 3.15. The molecular formula is C15H16F4O5S. The van der Waals surface area contributed by atoms with Gasteiger partial charge in [-0.15, -0.1) is 0 Å². The number of hydrogen-bond donors (Lipinski definition) is 1. The van der Waals surface area contributed by atoms with Crippen LogP contribution in [0.2, 0.25) is 0 Å². The Balaban J connectivity index is 2.63. The maximum Gasteiger partial charge on any atom is 0.534 e. The Kier molecular flexibility index (Phi) is 4.79. The SMILES string of the molecule is CC1(C)CCCC1c1cc(C(=O)O)c(F)cc1OS(=O)(=O)C(F)(F)F. The van der Waals surface area contributed by atoms with Crippen molar-refractivity contribution < 1.29 is 40.1 Å². The molecular weight excluding hydrogens is 368 g/mol. The largest absolute Gasteiger partial charge is 0.534 e. The van der Waals surface area contributed by atoms with Crippen LogP contribution in [-0.4, -0.2) is 25.0 Å². The van der Waals surface area contributed by atoms with Crippen LogP contribution >= 0.6 is 0 Å². The Morgan fingerprint density at radius 2 is 1.92 bits per heavy atom. The molecule has 1 atom stereocenters. The minimum absolute atomic E-state index is 0.0610. The van der Waals surface area contributed by atoms with Crippen molar-refractivity contribution in [1.82, 2.24) is 0 Å². The quantitative estimate of drug-likeness (QED) is 0.481. The minimum Gasteiger partial charge on any atom is -0.478 e. The Labute approximate surface area is 141 Å². The number of halogens is 4. The molecule has 2 rings (SSSR count). The number of carboxylic acid groups (broad SMARTS) is 1. The Bertz CT molecular complexity index is 799. The summed E-state index contributed by atoms with van der Waals surface area (Å²) in [6.07, 6.45) is 1.89. The van der Waals surface area contributed by atoms with E-state index in [1.807, 2.05) is 13.8 Å². The molecule has 1 saturated carbocycles. The third-order valence-corrected chi connectivity index (χ3v) is 5.41. The molecule has 140 valence electrons. The van der Waals surface area contributed by atoms with Gasteiger partial charge in [-0.2, -0.15) is 21.6 Å². The van der Waals surface area contributed by atoms with E-state index in [1.165, 1.54) is 0 Å². The van der Waals surface area contributed by atoms with Crippen molar-refractivity contribution in [1.29, 1.82) is 0 Å². The molecule has 0 saturated heterocycles. The number of benzene rings is 1. The number of carbonyl (C=O) groups is 1. The van der Waals surface area contributed by atoms with Crippen LogP contribution in [0.4, 0.5) is 17.6 Å². The Hall–Kier alpha value is -1.84. The van der Waals surface area contributed by atoms with E-state index in [0.717, 1.165) is 6.07 Å². The highest BCUT2D eigenvalue weighted by Gasteiger charge is 2.49. The maximum absolute atomic E-state index is 13.9. The third kappa shape index (κ3) is 3.73. The molecule has 10 heteroatoms. The molecule has 1 N–H and O–H groups in total. The Morgan fingerprint density at radius 3 is 2.36 bits per heavy atom. The molecule has 1 aliphatic carbocycles. The van der Waals surface area contributed by atoms with Crippen LogP contribution in [0, 0.1) is 11.2 Å². The van der Waals surface area contributed by atoms with Crippen molar-refractivity contribution in [3.05, 3.63) is 29.1 Å². The predicted octanol–water partition coefficient (Wildman–Crippen LogP) is 4.05. The molecule has 0 bridgehead atoms. The van der Waals surface area contributed by atoms with Gasteiger partial charge in [-0.25, -0.2) is 9.18 Å². The van der Waals surface area contributed by atoms with E-state index in [-0.39, 0.29) is 5.56 Å². The van der Waals surface area contributed by atoms with Crippen molar-refractivity contribution in [3.8, 4) is 5.75 Å². The Morgan fingerprint density at radius 1 is 1.32 bits per heavy atom. The second kappa shape index (κ2) is 6.15. The summed E-state index contributed by atoms with van der Waals surface area (Å²) in [5, 5.41) is 9.04. The predicted molar refractivity (Wildman–Crippen MR) is 79.3 cm³/mol. The molecule has 1 aliphatic rings. The van der Waals surface area contributed by atoms with Gasteiger partial charge in [0.2, 0.25) is 0 Å². The van der Waals surface area contributed by atoms with Crippen LogP contribution < -0.4 is 4.18 Å². The van der Waals surface area contributed by atoms with Gasteiger partial charge in [0, 0.05) is 11.6 Å². The second-order valence-corrected chi connectivity index (χ2v) is 8.13. The van der Waals surface area contributed by atoms with Gasteiger partial charge >= 0.3 is 21.6 Å². The van der Waals surface area contributed by atoms with Gasteiger partial charge in [0.05, 0.1) is 5.56 Å². The molecule has 1 aromatic carbocycles. The van der Waals surface area contributed by atoms with Gasteiger partial charge in [0.15, 0.2) is 0 Å². The number of hydrogen-bond acceptors (Lipinski definition) is 4. The van der Waals surface area contributed by atoms with E-state index in [2.05, 4.69) is 4.18 Å².